The van der Waals surface area contributed by atoms with Crippen molar-refractivity contribution < 1.29 is 5.11 Å². The molecule has 1 N–H and O–H groups in total. The summed E-state index contributed by atoms with van der Waals surface area (Å²) in [6, 6.07) is 10.4. The lowest BCUT2D eigenvalue weighted by molar-refractivity contribution is -0.0482. The van der Waals surface area contributed by atoms with Crippen LogP contribution in [0.5, 0.6) is 0 Å². The number of hydrogen-bond donors (Lipinski definition) is 1. The van der Waals surface area contributed by atoms with Crippen LogP contribution in [-0.2, 0) is 5.60 Å². The van der Waals surface area contributed by atoms with Gasteiger partial charge < -0.3 is 10.0 Å². The highest BCUT2D eigenvalue weighted by Crippen LogP contribution is 2.52. The molecule has 0 aliphatic heterocycles. The molecule has 0 amide bonds. The molecule has 22 heavy (non-hydrogen) atoms. The molecule has 2 aliphatic carbocycles. The molecule has 1 fully saturated rings. The van der Waals surface area contributed by atoms with Crippen LogP contribution in [-0.4, -0.2) is 29.6 Å². The maximum Gasteiger partial charge on any atom is 0.0942 e. The van der Waals surface area contributed by atoms with E-state index in [0.29, 0.717) is 17.8 Å². The van der Waals surface area contributed by atoms with Crippen LogP contribution in [0.4, 0.5) is 0 Å². The maximum absolute atomic E-state index is 11.7. The van der Waals surface area contributed by atoms with E-state index >= 15 is 0 Å². The number of allylic oxidation sites excluding steroid dienone is 2. The summed E-state index contributed by atoms with van der Waals surface area (Å²) in [7, 11) is 0. The average molecular weight is 299 g/mol. The highest BCUT2D eigenvalue weighted by atomic mass is 16.3. The highest BCUT2D eigenvalue weighted by Gasteiger charge is 2.48. The van der Waals surface area contributed by atoms with Gasteiger partial charge in [-0.2, -0.15) is 0 Å². The van der Waals surface area contributed by atoms with Gasteiger partial charge >= 0.3 is 0 Å². The largest absolute Gasteiger partial charge is 0.385 e. The van der Waals surface area contributed by atoms with Crippen LogP contribution in [0.25, 0.3) is 0 Å². The third-order valence-electron chi connectivity index (χ3n) is 5.87. The summed E-state index contributed by atoms with van der Waals surface area (Å²) in [6.45, 7) is 7.47. The molecule has 4 atom stereocenters. The van der Waals surface area contributed by atoms with Gasteiger partial charge in [0.25, 0.3) is 0 Å². The number of aliphatic hydroxyl groups is 1. The SMILES string of the molecule is CCN(CC)CCC(O)(c1ccccc1)C1CC2C=CC1C2. The van der Waals surface area contributed by atoms with Crippen molar-refractivity contribution in [3.63, 3.8) is 0 Å². The quantitative estimate of drug-likeness (QED) is 0.774. The molecule has 1 aromatic carbocycles. The van der Waals surface area contributed by atoms with E-state index in [9.17, 15) is 5.11 Å². The molecular weight excluding hydrogens is 270 g/mol. The predicted molar refractivity (Wildman–Crippen MR) is 91.6 cm³/mol. The highest BCUT2D eigenvalue weighted by molar-refractivity contribution is 5.27. The normalized spacial score (nSPS) is 29.2. The fourth-order valence-electron chi connectivity index (χ4n) is 4.47. The van der Waals surface area contributed by atoms with E-state index in [-0.39, 0.29) is 0 Å². The minimum Gasteiger partial charge on any atom is -0.385 e. The molecule has 2 nitrogen and oxygen atoms in total. The van der Waals surface area contributed by atoms with E-state index in [1.54, 1.807) is 0 Å². The van der Waals surface area contributed by atoms with E-state index in [1.165, 1.54) is 6.42 Å². The van der Waals surface area contributed by atoms with Crippen LogP contribution in [0.2, 0.25) is 0 Å². The first-order valence-corrected chi connectivity index (χ1v) is 8.86. The Bertz CT molecular complexity index is 508. The number of benzene rings is 1. The van der Waals surface area contributed by atoms with Crippen molar-refractivity contribution in [1.29, 1.82) is 0 Å². The molecule has 2 bridgehead atoms. The van der Waals surface area contributed by atoms with Gasteiger partial charge in [-0.25, -0.2) is 0 Å². The number of rotatable bonds is 7. The fourth-order valence-corrected chi connectivity index (χ4v) is 4.47. The topological polar surface area (TPSA) is 23.5 Å². The zero-order chi connectivity index (χ0) is 15.6. The van der Waals surface area contributed by atoms with Gasteiger partial charge in [0.1, 0.15) is 0 Å². The first-order chi connectivity index (χ1) is 10.7. The van der Waals surface area contributed by atoms with Crippen LogP contribution in [0.15, 0.2) is 42.5 Å². The average Bonchev–Trinajstić information content (AvgIpc) is 3.20. The van der Waals surface area contributed by atoms with Crippen LogP contribution >= 0.6 is 0 Å². The van der Waals surface area contributed by atoms with Gasteiger partial charge in [-0.3, -0.25) is 0 Å². The van der Waals surface area contributed by atoms with Gasteiger partial charge in [-0.1, -0.05) is 56.3 Å². The molecule has 3 rings (SSSR count). The molecule has 1 aromatic rings. The second kappa shape index (κ2) is 6.55. The van der Waals surface area contributed by atoms with Gasteiger partial charge in [0.05, 0.1) is 5.60 Å². The molecule has 120 valence electrons. The van der Waals surface area contributed by atoms with Gasteiger partial charge in [-0.15, -0.1) is 0 Å². The lowest BCUT2D eigenvalue weighted by Crippen LogP contribution is -2.41. The standard InChI is InChI=1S/C20H29NO/c1-3-21(4-2)13-12-20(22,18-8-6-5-7-9-18)19-15-16-10-11-17(19)14-16/h5-11,16-17,19,22H,3-4,12-15H2,1-2H3. The summed E-state index contributed by atoms with van der Waals surface area (Å²) in [5, 5.41) is 11.7. The number of fused-ring (bicyclic) bond motifs is 2. The molecule has 0 radical (unpaired) electrons. The third-order valence-corrected chi connectivity index (χ3v) is 5.87. The van der Waals surface area contributed by atoms with Crippen LogP contribution in [0.1, 0.15) is 38.7 Å². The van der Waals surface area contributed by atoms with E-state index in [1.807, 2.05) is 6.07 Å². The Morgan fingerprint density at radius 1 is 1.09 bits per heavy atom. The van der Waals surface area contributed by atoms with Gasteiger partial charge in [0, 0.05) is 6.54 Å². The Morgan fingerprint density at radius 2 is 1.82 bits per heavy atom. The number of hydrogen-bond acceptors (Lipinski definition) is 2. The second-order valence-electron chi connectivity index (χ2n) is 6.95. The van der Waals surface area contributed by atoms with E-state index < -0.39 is 5.60 Å². The van der Waals surface area contributed by atoms with Crippen molar-refractivity contribution in [2.24, 2.45) is 17.8 Å². The first-order valence-electron chi connectivity index (χ1n) is 8.86. The Morgan fingerprint density at radius 3 is 2.36 bits per heavy atom. The van der Waals surface area contributed by atoms with E-state index in [2.05, 4.69) is 55.2 Å². The molecule has 1 saturated carbocycles. The lowest BCUT2D eigenvalue weighted by atomic mass is 9.72. The van der Waals surface area contributed by atoms with Crippen LogP contribution in [0, 0.1) is 17.8 Å². The Hall–Kier alpha value is -1.12. The molecule has 0 spiro atoms. The van der Waals surface area contributed by atoms with Gasteiger partial charge in [0.2, 0.25) is 0 Å². The molecule has 4 unspecified atom stereocenters. The summed E-state index contributed by atoms with van der Waals surface area (Å²) in [5.41, 5.74) is 0.418. The minimum absolute atomic E-state index is 0.375. The summed E-state index contributed by atoms with van der Waals surface area (Å²) in [6.07, 6.45) is 7.93. The van der Waals surface area contributed by atoms with Crippen LogP contribution < -0.4 is 0 Å². The summed E-state index contributed by atoms with van der Waals surface area (Å²) in [5.74, 6) is 1.63. The molecule has 0 aromatic heterocycles. The van der Waals surface area contributed by atoms with E-state index in [4.69, 9.17) is 0 Å². The van der Waals surface area contributed by atoms with Crippen molar-refractivity contribution in [3.05, 3.63) is 48.0 Å². The summed E-state index contributed by atoms with van der Waals surface area (Å²) < 4.78 is 0. The minimum atomic E-state index is -0.686. The molecular formula is C20H29NO. The lowest BCUT2D eigenvalue weighted by Gasteiger charge is -2.39. The van der Waals surface area contributed by atoms with Crippen molar-refractivity contribution in [2.45, 2.75) is 38.7 Å². The smallest absolute Gasteiger partial charge is 0.0942 e. The fraction of sp³-hybridized carbons (Fsp3) is 0.600. The molecule has 2 aliphatic rings. The maximum atomic E-state index is 11.7. The Labute approximate surface area is 134 Å². The number of nitrogens with zero attached hydrogens (tertiary/aromatic N) is 1. The Balaban J connectivity index is 1.84. The monoisotopic (exact) mass is 299 g/mol. The zero-order valence-corrected chi connectivity index (χ0v) is 13.9. The predicted octanol–water partition coefficient (Wildman–Crippen LogP) is 3.82. The third kappa shape index (κ3) is 2.87. The van der Waals surface area contributed by atoms with E-state index in [0.717, 1.165) is 38.0 Å². The summed E-state index contributed by atoms with van der Waals surface area (Å²) in [4.78, 5) is 2.41. The van der Waals surface area contributed by atoms with Crippen molar-refractivity contribution >= 4 is 0 Å². The Kier molecular flexibility index (Phi) is 4.70. The van der Waals surface area contributed by atoms with Crippen LogP contribution in [0.3, 0.4) is 0 Å². The van der Waals surface area contributed by atoms with Gasteiger partial charge in [-0.05, 0) is 55.7 Å². The molecule has 0 heterocycles. The zero-order valence-electron chi connectivity index (χ0n) is 13.9. The summed E-state index contributed by atoms with van der Waals surface area (Å²) >= 11 is 0. The van der Waals surface area contributed by atoms with Crippen molar-refractivity contribution in [2.75, 3.05) is 19.6 Å². The molecule has 2 heteroatoms. The second-order valence-corrected chi connectivity index (χ2v) is 6.95. The molecule has 0 saturated heterocycles. The first kappa shape index (κ1) is 15.8. The van der Waals surface area contributed by atoms with Gasteiger partial charge in [0.15, 0.2) is 0 Å². The van der Waals surface area contributed by atoms with Crippen molar-refractivity contribution in [1.82, 2.24) is 4.90 Å². The van der Waals surface area contributed by atoms with Crippen molar-refractivity contribution in [3.8, 4) is 0 Å².